The van der Waals surface area contributed by atoms with E-state index in [1.165, 1.54) is 17.4 Å². The molecule has 138 valence electrons. The third-order valence-corrected chi connectivity index (χ3v) is 6.31. The predicted molar refractivity (Wildman–Crippen MR) is 100 cm³/mol. The highest BCUT2D eigenvalue weighted by Crippen LogP contribution is 2.33. The zero-order valence-electron chi connectivity index (χ0n) is 14.8. The van der Waals surface area contributed by atoms with Crippen molar-refractivity contribution in [2.75, 3.05) is 32.7 Å². The molecule has 2 amide bonds. The van der Waals surface area contributed by atoms with Crippen molar-refractivity contribution in [3.8, 4) is 0 Å². The minimum Gasteiger partial charge on any atom is -0.352 e. The van der Waals surface area contributed by atoms with Crippen LogP contribution in [0.25, 0.3) is 10.1 Å². The summed E-state index contributed by atoms with van der Waals surface area (Å²) in [7, 11) is 0. The molecule has 7 heteroatoms. The summed E-state index contributed by atoms with van der Waals surface area (Å²) in [6, 6.07) is 5.33. The first kappa shape index (κ1) is 17.4. The molecule has 0 atom stereocenters. The number of nitrogens with zero attached hydrogens (tertiary/aromatic N) is 2. The molecule has 1 aliphatic carbocycles. The SMILES string of the molecule is Cc1c(C(=O)N2CCN(CC(=O)NC3CC3)CC2)sc2cccc(F)c12. The van der Waals surface area contributed by atoms with E-state index in [0.29, 0.717) is 49.0 Å². The van der Waals surface area contributed by atoms with E-state index in [-0.39, 0.29) is 17.6 Å². The molecule has 1 saturated carbocycles. The van der Waals surface area contributed by atoms with Gasteiger partial charge in [-0.25, -0.2) is 4.39 Å². The molecule has 0 radical (unpaired) electrons. The minimum atomic E-state index is -0.276. The highest BCUT2D eigenvalue weighted by atomic mass is 32.1. The van der Waals surface area contributed by atoms with Crippen LogP contribution < -0.4 is 5.32 Å². The van der Waals surface area contributed by atoms with Gasteiger partial charge in [-0.1, -0.05) is 6.07 Å². The standard InChI is InChI=1S/C19H22FN3O2S/c1-12-17-14(20)3-2-4-15(17)26-18(12)19(25)23-9-7-22(8-10-23)11-16(24)21-13-5-6-13/h2-4,13H,5-11H2,1H3,(H,21,24). The van der Waals surface area contributed by atoms with Gasteiger partial charge in [0, 0.05) is 42.3 Å². The maximum atomic E-state index is 14.1. The highest BCUT2D eigenvalue weighted by molar-refractivity contribution is 7.21. The van der Waals surface area contributed by atoms with Gasteiger partial charge in [-0.2, -0.15) is 0 Å². The quantitative estimate of drug-likeness (QED) is 0.893. The van der Waals surface area contributed by atoms with E-state index in [4.69, 9.17) is 0 Å². The molecule has 2 aromatic rings. The molecule has 2 aliphatic rings. The van der Waals surface area contributed by atoms with Crippen LogP contribution in [0.5, 0.6) is 0 Å². The van der Waals surface area contributed by atoms with Crippen molar-refractivity contribution in [1.29, 1.82) is 0 Å². The molecule has 2 heterocycles. The number of thiophene rings is 1. The van der Waals surface area contributed by atoms with Crippen molar-refractivity contribution in [2.45, 2.75) is 25.8 Å². The van der Waals surface area contributed by atoms with Crippen molar-refractivity contribution >= 4 is 33.2 Å². The molecule has 4 rings (SSSR count). The summed E-state index contributed by atoms with van der Waals surface area (Å²) in [5, 5.41) is 3.55. The third-order valence-electron chi connectivity index (χ3n) is 5.07. The Hall–Kier alpha value is -1.99. The molecule has 0 unspecified atom stereocenters. The maximum Gasteiger partial charge on any atom is 0.264 e. The van der Waals surface area contributed by atoms with Gasteiger partial charge in [0.25, 0.3) is 5.91 Å². The first-order chi connectivity index (χ1) is 12.5. The van der Waals surface area contributed by atoms with Gasteiger partial charge < -0.3 is 10.2 Å². The lowest BCUT2D eigenvalue weighted by molar-refractivity contribution is -0.122. The van der Waals surface area contributed by atoms with Crippen LogP contribution in [0.15, 0.2) is 18.2 Å². The second-order valence-corrected chi connectivity index (χ2v) is 8.13. The molecular formula is C19H22FN3O2S. The predicted octanol–water partition coefficient (Wildman–Crippen LogP) is 2.39. The largest absolute Gasteiger partial charge is 0.352 e. The molecule has 5 nitrogen and oxygen atoms in total. The van der Waals surface area contributed by atoms with E-state index < -0.39 is 0 Å². The molecule has 1 aliphatic heterocycles. The molecule has 0 bridgehead atoms. The Morgan fingerprint density at radius 2 is 1.96 bits per heavy atom. The number of amides is 2. The fraction of sp³-hybridized carbons (Fsp3) is 0.474. The first-order valence-electron chi connectivity index (χ1n) is 9.01. The average Bonchev–Trinajstić information content (AvgIpc) is 3.36. The van der Waals surface area contributed by atoms with Crippen LogP contribution >= 0.6 is 11.3 Å². The fourth-order valence-electron chi connectivity index (χ4n) is 3.41. The van der Waals surface area contributed by atoms with Crippen LogP contribution in [0.3, 0.4) is 0 Å². The van der Waals surface area contributed by atoms with Gasteiger partial charge in [-0.15, -0.1) is 11.3 Å². The van der Waals surface area contributed by atoms with Crippen molar-refractivity contribution in [3.63, 3.8) is 0 Å². The molecule has 1 N–H and O–H groups in total. The molecule has 0 spiro atoms. The van der Waals surface area contributed by atoms with E-state index in [1.54, 1.807) is 6.07 Å². The van der Waals surface area contributed by atoms with Crippen molar-refractivity contribution in [3.05, 3.63) is 34.5 Å². The number of fused-ring (bicyclic) bond motifs is 1. The fourth-order valence-corrected chi connectivity index (χ4v) is 4.60. The topological polar surface area (TPSA) is 52.7 Å². The Balaban J connectivity index is 1.40. The lowest BCUT2D eigenvalue weighted by Crippen LogP contribution is -2.51. The summed E-state index contributed by atoms with van der Waals surface area (Å²) >= 11 is 1.36. The van der Waals surface area contributed by atoms with Crippen molar-refractivity contribution < 1.29 is 14.0 Å². The van der Waals surface area contributed by atoms with Gasteiger partial charge in [0.15, 0.2) is 0 Å². The number of piperazine rings is 1. The Kier molecular flexibility index (Phi) is 4.67. The Bertz CT molecular complexity index is 854. The van der Waals surface area contributed by atoms with Gasteiger partial charge >= 0.3 is 0 Å². The maximum absolute atomic E-state index is 14.1. The van der Waals surface area contributed by atoms with Crippen LogP contribution in [0.1, 0.15) is 28.1 Å². The summed E-state index contributed by atoms with van der Waals surface area (Å²) in [6.45, 7) is 4.75. The minimum absolute atomic E-state index is 0.0369. The molecule has 1 aromatic carbocycles. The van der Waals surface area contributed by atoms with Crippen molar-refractivity contribution in [1.82, 2.24) is 15.1 Å². The zero-order valence-corrected chi connectivity index (χ0v) is 15.6. The van der Waals surface area contributed by atoms with Crippen LogP contribution in [0.4, 0.5) is 4.39 Å². The van der Waals surface area contributed by atoms with Crippen LogP contribution in [0, 0.1) is 12.7 Å². The number of rotatable bonds is 4. The van der Waals surface area contributed by atoms with Gasteiger partial charge in [0.1, 0.15) is 5.82 Å². The lowest BCUT2D eigenvalue weighted by atomic mass is 10.1. The second kappa shape index (κ2) is 6.96. The summed E-state index contributed by atoms with van der Waals surface area (Å²) in [5.41, 5.74) is 0.722. The number of carbonyl (C=O) groups excluding carboxylic acids is 2. The second-order valence-electron chi connectivity index (χ2n) is 7.08. The van der Waals surface area contributed by atoms with E-state index >= 15 is 0 Å². The van der Waals surface area contributed by atoms with Gasteiger partial charge in [0.05, 0.1) is 11.4 Å². The summed E-state index contributed by atoms with van der Waals surface area (Å²) in [5.74, 6) is -0.241. The Morgan fingerprint density at radius 3 is 2.62 bits per heavy atom. The van der Waals surface area contributed by atoms with Gasteiger partial charge in [-0.3, -0.25) is 14.5 Å². The van der Waals surface area contributed by atoms with Crippen molar-refractivity contribution in [2.24, 2.45) is 0 Å². The van der Waals surface area contributed by atoms with E-state index in [1.807, 2.05) is 17.9 Å². The summed E-state index contributed by atoms with van der Waals surface area (Å²) in [6.07, 6.45) is 2.17. The zero-order chi connectivity index (χ0) is 18.3. The first-order valence-corrected chi connectivity index (χ1v) is 9.83. The van der Waals surface area contributed by atoms with Crippen LogP contribution in [-0.2, 0) is 4.79 Å². The smallest absolute Gasteiger partial charge is 0.264 e. The van der Waals surface area contributed by atoms with Crippen LogP contribution in [-0.4, -0.2) is 60.4 Å². The monoisotopic (exact) mass is 375 g/mol. The number of halogens is 1. The summed E-state index contributed by atoms with van der Waals surface area (Å²) < 4.78 is 14.9. The number of hydrogen-bond donors (Lipinski definition) is 1. The number of carbonyl (C=O) groups is 2. The van der Waals surface area contributed by atoms with Gasteiger partial charge in [-0.05, 0) is 37.5 Å². The Morgan fingerprint density at radius 1 is 1.23 bits per heavy atom. The molecule has 2 fully saturated rings. The highest BCUT2D eigenvalue weighted by Gasteiger charge is 2.28. The molecule has 1 aromatic heterocycles. The number of aryl methyl sites for hydroxylation is 1. The molecule has 26 heavy (non-hydrogen) atoms. The number of hydrogen-bond acceptors (Lipinski definition) is 4. The third kappa shape index (κ3) is 3.46. The van der Waals surface area contributed by atoms with Gasteiger partial charge in [0.2, 0.25) is 5.91 Å². The average molecular weight is 375 g/mol. The lowest BCUT2D eigenvalue weighted by Gasteiger charge is -2.34. The normalized spacial score (nSPS) is 18.3. The van der Waals surface area contributed by atoms with E-state index in [0.717, 1.165) is 23.1 Å². The van der Waals surface area contributed by atoms with E-state index in [9.17, 15) is 14.0 Å². The molecular weight excluding hydrogens is 353 g/mol. The number of benzene rings is 1. The molecule has 1 saturated heterocycles. The Labute approximate surface area is 155 Å². The van der Waals surface area contributed by atoms with E-state index in [2.05, 4.69) is 10.2 Å². The van der Waals surface area contributed by atoms with Crippen LogP contribution in [0.2, 0.25) is 0 Å². The number of nitrogens with one attached hydrogen (secondary N) is 1. The summed E-state index contributed by atoms with van der Waals surface area (Å²) in [4.78, 5) is 29.3.